The third-order valence-electron chi connectivity index (χ3n) is 6.68. The number of rotatable bonds is 5. The normalized spacial score (nSPS) is 17.7. The van der Waals surface area contributed by atoms with Crippen molar-refractivity contribution in [1.82, 2.24) is 19.9 Å². The van der Waals surface area contributed by atoms with Gasteiger partial charge in [-0.3, -0.25) is 0 Å². The number of nitrogens with zero attached hydrogens (tertiary/aromatic N) is 5. The molecule has 0 fully saturated rings. The Kier molecular flexibility index (Phi) is 6.31. The van der Waals surface area contributed by atoms with E-state index >= 15 is 0 Å². The lowest BCUT2D eigenvalue weighted by molar-refractivity contribution is 0.274. The predicted octanol–water partition coefficient (Wildman–Crippen LogP) is 4.73. The van der Waals surface area contributed by atoms with E-state index in [0.717, 1.165) is 25.2 Å². The molecule has 2 N–H and O–H groups in total. The van der Waals surface area contributed by atoms with Crippen molar-refractivity contribution in [2.45, 2.75) is 38.1 Å². The zero-order valence-corrected chi connectivity index (χ0v) is 21.3. The summed E-state index contributed by atoms with van der Waals surface area (Å²) in [4.78, 5) is 15.8. The maximum atomic E-state index is 12.4. The molecule has 0 spiro atoms. The molecule has 3 heterocycles. The Morgan fingerprint density at radius 3 is 2.77 bits per heavy atom. The number of hydrogen-bond acceptors (Lipinski definition) is 8. The van der Waals surface area contributed by atoms with E-state index in [2.05, 4.69) is 55.7 Å². The zero-order valence-electron chi connectivity index (χ0n) is 20.4. The molecule has 9 heteroatoms. The Bertz CT molecular complexity index is 1360. The number of benzene rings is 1. The minimum absolute atomic E-state index is 0.306. The third-order valence-corrected chi connectivity index (χ3v) is 8.03. The van der Waals surface area contributed by atoms with Crippen LogP contribution >= 0.6 is 7.14 Å². The summed E-state index contributed by atoms with van der Waals surface area (Å²) in [5.41, 5.74) is 6.14. The Hall–Kier alpha value is -3.27. The summed E-state index contributed by atoms with van der Waals surface area (Å²) < 4.78 is 12.4. The highest BCUT2D eigenvalue weighted by molar-refractivity contribution is 7.69. The number of anilines is 4. The molecule has 1 atom stereocenters. The van der Waals surface area contributed by atoms with Gasteiger partial charge in [0, 0.05) is 18.8 Å². The van der Waals surface area contributed by atoms with Crippen molar-refractivity contribution in [3.05, 3.63) is 58.8 Å². The van der Waals surface area contributed by atoms with Crippen LogP contribution in [0.3, 0.4) is 0 Å². The Morgan fingerprint density at radius 2 is 1.97 bits per heavy atom. The van der Waals surface area contributed by atoms with E-state index in [0.29, 0.717) is 34.5 Å². The van der Waals surface area contributed by atoms with Crippen LogP contribution in [0.4, 0.5) is 23.3 Å². The summed E-state index contributed by atoms with van der Waals surface area (Å²) in [5.74, 6) is 1.85. The lowest BCUT2D eigenvalue weighted by Crippen LogP contribution is -2.30. The van der Waals surface area contributed by atoms with Gasteiger partial charge in [0.1, 0.15) is 30.0 Å². The molecule has 0 bridgehead atoms. The quantitative estimate of drug-likeness (QED) is 0.498. The summed E-state index contributed by atoms with van der Waals surface area (Å²) in [7, 11) is -0.325. The number of likely N-dealkylation sites (N-methyl/N-ethyl adjacent to an activating group) is 1. The average Bonchev–Trinajstić information content (AvgIpc) is 3.01. The first-order valence-electron chi connectivity index (χ1n) is 12.0. The largest absolute Gasteiger partial charge is 0.324 e. The highest BCUT2D eigenvalue weighted by atomic mass is 31.2. The van der Waals surface area contributed by atoms with Gasteiger partial charge in [0.25, 0.3) is 0 Å². The molecule has 1 unspecified atom stereocenters. The summed E-state index contributed by atoms with van der Waals surface area (Å²) in [6.07, 6.45) is 6.34. The molecule has 35 heavy (non-hydrogen) atoms. The lowest BCUT2D eigenvalue weighted by Gasteiger charge is -2.33. The van der Waals surface area contributed by atoms with Gasteiger partial charge in [-0.15, -0.1) is 0 Å². The lowest BCUT2D eigenvalue weighted by atomic mass is 9.84. The van der Waals surface area contributed by atoms with Crippen molar-refractivity contribution >= 4 is 35.8 Å². The molecule has 2 aliphatic rings. The Morgan fingerprint density at radius 1 is 1.14 bits per heavy atom. The Balaban J connectivity index is 1.45. The summed E-state index contributed by atoms with van der Waals surface area (Å²) in [6, 6.07) is 11.9. The second-order valence-electron chi connectivity index (χ2n) is 9.90. The van der Waals surface area contributed by atoms with Crippen molar-refractivity contribution < 1.29 is 4.57 Å². The Labute approximate surface area is 206 Å². The number of pyridine rings is 1. The molecule has 5 rings (SSSR count). The van der Waals surface area contributed by atoms with Crippen molar-refractivity contribution in [2.24, 2.45) is 0 Å². The molecule has 0 radical (unpaired) electrons. The van der Waals surface area contributed by atoms with E-state index in [4.69, 9.17) is 0 Å². The van der Waals surface area contributed by atoms with E-state index in [1.807, 2.05) is 0 Å². The second kappa shape index (κ2) is 9.41. The number of aromatic nitrogens is 3. The van der Waals surface area contributed by atoms with Crippen LogP contribution in [0.5, 0.6) is 0 Å². The van der Waals surface area contributed by atoms with E-state index < -0.39 is 7.14 Å². The highest BCUT2D eigenvalue weighted by Gasteiger charge is 2.28. The molecular formula is C26H30N7OP. The first-order valence-corrected chi connectivity index (χ1v) is 14.6. The zero-order chi connectivity index (χ0) is 24.6. The molecule has 3 aromatic rings. The van der Waals surface area contributed by atoms with Crippen molar-refractivity contribution in [2.75, 3.05) is 37.6 Å². The molecule has 1 aliphatic carbocycles. The fourth-order valence-corrected chi connectivity index (χ4v) is 5.93. The van der Waals surface area contributed by atoms with Gasteiger partial charge in [0.05, 0.1) is 6.20 Å². The van der Waals surface area contributed by atoms with Crippen molar-refractivity contribution in [3.63, 3.8) is 0 Å². The molecule has 180 valence electrons. The van der Waals surface area contributed by atoms with Gasteiger partial charge in [0.2, 0.25) is 5.95 Å². The molecular weight excluding hydrogens is 457 g/mol. The topological polar surface area (TPSA) is 107 Å². The molecule has 0 saturated heterocycles. The molecule has 0 saturated carbocycles. The monoisotopic (exact) mass is 487 g/mol. The molecule has 0 amide bonds. The maximum absolute atomic E-state index is 12.4. The van der Waals surface area contributed by atoms with Crippen LogP contribution in [0.25, 0.3) is 0 Å². The van der Waals surface area contributed by atoms with Crippen molar-refractivity contribution in [3.8, 4) is 6.07 Å². The summed E-state index contributed by atoms with van der Waals surface area (Å²) in [5, 5.41) is 16.1. The van der Waals surface area contributed by atoms with Gasteiger partial charge in [-0.05, 0) is 86.5 Å². The number of hydrogen-bond donors (Lipinski definition) is 2. The summed E-state index contributed by atoms with van der Waals surface area (Å²) in [6.45, 7) is 5.43. The van der Waals surface area contributed by atoms with Gasteiger partial charge in [0.15, 0.2) is 5.82 Å². The maximum Gasteiger partial charge on any atom is 0.229 e. The van der Waals surface area contributed by atoms with Crippen LogP contribution < -0.4 is 16.1 Å². The second-order valence-corrected chi connectivity index (χ2v) is 13.1. The summed E-state index contributed by atoms with van der Waals surface area (Å²) >= 11 is 0. The molecule has 2 aromatic heterocycles. The number of aryl methyl sites for hydroxylation is 1. The van der Waals surface area contributed by atoms with Gasteiger partial charge in [-0.25, -0.2) is 9.97 Å². The fourth-order valence-electron chi connectivity index (χ4n) is 5.14. The van der Waals surface area contributed by atoms with E-state index in [1.165, 1.54) is 36.6 Å². The minimum atomic E-state index is -2.51. The highest BCUT2D eigenvalue weighted by Crippen LogP contribution is 2.39. The van der Waals surface area contributed by atoms with Gasteiger partial charge in [-0.1, -0.05) is 12.5 Å². The standard InChI is InChI=1S/C26H30N7OP/c1-33-15-18-8-5-4-7-17-11-21(12-19(16-33)24(17)18)29-26-28-14-20(13-27)25(32-26)31-22-9-6-10-23(30-22)35(2,3)34/h6,9-12,14,18H,4-5,7-8,15-16H2,1-3H3,(H2,28,29,30,31,32). The van der Waals surface area contributed by atoms with Crippen LogP contribution in [0.15, 0.2) is 36.5 Å². The van der Waals surface area contributed by atoms with E-state index in [1.54, 1.807) is 37.1 Å². The number of nitriles is 1. The smallest absolute Gasteiger partial charge is 0.229 e. The van der Waals surface area contributed by atoms with Gasteiger partial charge in [-0.2, -0.15) is 10.2 Å². The fraction of sp³-hybridized carbons (Fsp3) is 0.385. The van der Waals surface area contributed by atoms with Gasteiger partial charge < -0.3 is 20.1 Å². The van der Waals surface area contributed by atoms with Gasteiger partial charge >= 0.3 is 0 Å². The third kappa shape index (κ3) is 5.07. The molecule has 8 nitrogen and oxygen atoms in total. The van der Waals surface area contributed by atoms with Crippen LogP contribution in [-0.4, -0.2) is 46.8 Å². The van der Waals surface area contributed by atoms with Crippen molar-refractivity contribution in [1.29, 1.82) is 5.26 Å². The van der Waals surface area contributed by atoms with Crippen LogP contribution in [0, 0.1) is 11.3 Å². The number of nitrogens with one attached hydrogen (secondary N) is 2. The SMILES string of the molecule is CN1Cc2cc(Nc3ncc(C#N)c(Nc4cccc(P(C)(C)=O)n4)n3)cc3c2C(CCCC3)C1. The van der Waals surface area contributed by atoms with Crippen LogP contribution in [0.2, 0.25) is 0 Å². The minimum Gasteiger partial charge on any atom is -0.324 e. The predicted molar refractivity (Wildman–Crippen MR) is 140 cm³/mol. The first kappa shape index (κ1) is 23.5. The molecule has 1 aliphatic heterocycles. The first-order chi connectivity index (χ1) is 16.8. The average molecular weight is 488 g/mol. The van der Waals surface area contributed by atoms with E-state index in [-0.39, 0.29) is 0 Å². The molecule has 1 aromatic carbocycles. The van der Waals surface area contributed by atoms with Crippen LogP contribution in [-0.2, 0) is 17.5 Å². The van der Waals surface area contributed by atoms with E-state index in [9.17, 15) is 9.83 Å². The van der Waals surface area contributed by atoms with Crippen LogP contribution in [0.1, 0.15) is 47.4 Å².